The van der Waals surface area contributed by atoms with Gasteiger partial charge in [0.15, 0.2) is 0 Å². The number of imidazole rings is 1. The smallest absolute Gasteiger partial charge is 0.444 e. The molecular formula is C30H40BN3O4. The molecule has 2 saturated heterocycles. The minimum Gasteiger partial charge on any atom is -0.444 e. The summed E-state index contributed by atoms with van der Waals surface area (Å²) in [5.74, 6) is 0.814. The summed E-state index contributed by atoms with van der Waals surface area (Å²) in [6.07, 6.45) is 4.13. The molecule has 0 bridgehead atoms. The van der Waals surface area contributed by atoms with Crippen molar-refractivity contribution in [3.8, 4) is 11.3 Å². The molecule has 38 heavy (non-hydrogen) atoms. The number of hydrogen-bond acceptors (Lipinski definition) is 5. The van der Waals surface area contributed by atoms with Gasteiger partial charge in [0, 0.05) is 12.1 Å². The Balaban J connectivity index is 1.41. The van der Waals surface area contributed by atoms with Gasteiger partial charge in [-0.2, -0.15) is 0 Å². The van der Waals surface area contributed by atoms with Crippen molar-refractivity contribution in [3.63, 3.8) is 0 Å². The van der Waals surface area contributed by atoms with Crippen LogP contribution in [0.5, 0.6) is 0 Å². The second-order valence-electron chi connectivity index (χ2n) is 12.7. The third kappa shape index (κ3) is 4.62. The van der Waals surface area contributed by atoms with E-state index >= 15 is 0 Å². The average Bonchev–Trinajstić information content (AvgIpc) is 3.54. The van der Waals surface area contributed by atoms with E-state index in [2.05, 4.69) is 76.0 Å². The second kappa shape index (κ2) is 9.13. The van der Waals surface area contributed by atoms with Crippen molar-refractivity contribution in [2.75, 3.05) is 6.54 Å². The molecule has 3 heterocycles. The van der Waals surface area contributed by atoms with Crippen LogP contribution >= 0.6 is 0 Å². The van der Waals surface area contributed by atoms with Gasteiger partial charge in [0.2, 0.25) is 0 Å². The summed E-state index contributed by atoms with van der Waals surface area (Å²) >= 11 is 0. The summed E-state index contributed by atoms with van der Waals surface area (Å²) in [4.78, 5) is 23.3. The zero-order valence-corrected chi connectivity index (χ0v) is 24.0. The van der Waals surface area contributed by atoms with Crippen molar-refractivity contribution >= 4 is 29.4 Å². The predicted octanol–water partition coefficient (Wildman–Crippen LogP) is 6.17. The number of benzene rings is 2. The van der Waals surface area contributed by atoms with Crippen LogP contribution in [0.1, 0.15) is 80.5 Å². The molecule has 2 aliphatic rings. The third-order valence-corrected chi connectivity index (χ3v) is 8.40. The Morgan fingerprint density at radius 3 is 2.39 bits per heavy atom. The van der Waals surface area contributed by atoms with Gasteiger partial charge in [-0.25, -0.2) is 9.78 Å². The summed E-state index contributed by atoms with van der Waals surface area (Å²) in [5, 5.41) is 2.25. The molecule has 5 rings (SSSR count). The van der Waals surface area contributed by atoms with Crippen LogP contribution in [0.25, 0.3) is 22.0 Å². The molecule has 1 aromatic heterocycles. The topological polar surface area (TPSA) is 76.7 Å². The van der Waals surface area contributed by atoms with E-state index in [0.29, 0.717) is 6.54 Å². The molecule has 1 N–H and O–H groups in total. The lowest BCUT2D eigenvalue weighted by Crippen LogP contribution is -2.47. The number of amides is 1. The number of aromatic amines is 1. The molecule has 0 spiro atoms. The zero-order chi connectivity index (χ0) is 27.5. The average molecular weight is 517 g/mol. The van der Waals surface area contributed by atoms with Crippen molar-refractivity contribution in [2.45, 2.75) is 97.0 Å². The number of fused-ring (bicyclic) bond motifs is 1. The molecule has 2 fully saturated rings. The first-order chi connectivity index (χ1) is 17.7. The molecule has 1 atom stereocenters. The molecule has 0 saturated carbocycles. The molecule has 1 amide bonds. The monoisotopic (exact) mass is 517 g/mol. The fraction of sp³-hybridized carbons (Fsp3) is 0.533. The van der Waals surface area contributed by atoms with Crippen LogP contribution in [0.3, 0.4) is 0 Å². The first-order valence-corrected chi connectivity index (χ1v) is 13.7. The van der Waals surface area contributed by atoms with Crippen molar-refractivity contribution < 1.29 is 18.8 Å². The molecule has 2 aliphatic heterocycles. The summed E-state index contributed by atoms with van der Waals surface area (Å²) in [6.45, 7) is 16.8. The van der Waals surface area contributed by atoms with Crippen LogP contribution < -0.4 is 5.46 Å². The van der Waals surface area contributed by atoms with Crippen molar-refractivity contribution in [1.82, 2.24) is 14.9 Å². The Morgan fingerprint density at radius 1 is 1.08 bits per heavy atom. The van der Waals surface area contributed by atoms with E-state index in [4.69, 9.17) is 19.0 Å². The standard InChI is InChI=1S/C30H40BN3O4/c1-9-30(15-10-16-34(30)26(35)36-27(2,3)4)25-32-19-24(33-25)22-12-11-21-18-23(14-13-20(21)17-22)31-37-28(5,6)29(7,8)38-31/h11-14,17-19H,9-10,15-16H2,1-8H3,(H,32,33). The molecule has 0 radical (unpaired) electrons. The van der Waals surface area contributed by atoms with E-state index in [1.807, 2.05) is 31.9 Å². The van der Waals surface area contributed by atoms with Crippen LogP contribution in [-0.4, -0.2) is 51.4 Å². The Hall–Kier alpha value is -2.84. The lowest BCUT2D eigenvalue weighted by molar-refractivity contribution is 0.00447. The van der Waals surface area contributed by atoms with Gasteiger partial charge in [-0.15, -0.1) is 0 Å². The van der Waals surface area contributed by atoms with E-state index in [1.54, 1.807) is 0 Å². The summed E-state index contributed by atoms with van der Waals surface area (Å²) in [5.41, 5.74) is 1.22. The minimum absolute atomic E-state index is 0.279. The number of carbonyl (C=O) groups is 1. The molecule has 1 unspecified atom stereocenters. The number of nitrogens with one attached hydrogen (secondary N) is 1. The number of hydrogen-bond donors (Lipinski definition) is 1. The summed E-state index contributed by atoms with van der Waals surface area (Å²) in [7, 11) is -0.385. The summed E-state index contributed by atoms with van der Waals surface area (Å²) in [6, 6.07) is 12.7. The number of ether oxygens (including phenoxy) is 1. The van der Waals surface area contributed by atoms with Gasteiger partial charge in [0.05, 0.1) is 23.1 Å². The number of likely N-dealkylation sites (tertiary alicyclic amines) is 1. The van der Waals surface area contributed by atoms with Crippen LogP contribution in [-0.2, 0) is 19.6 Å². The summed E-state index contributed by atoms with van der Waals surface area (Å²) < 4.78 is 18.2. The van der Waals surface area contributed by atoms with Gasteiger partial charge in [-0.3, -0.25) is 4.90 Å². The van der Waals surface area contributed by atoms with Gasteiger partial charge >= 0.3 is 13.2 Å². The lowest BCUT2D eigenvalue weighted by Gasteiger charge is -2.37. The Kier molecular flexibility index (Phi) is 6.43. The molecule has 202 valence electrons. The van der Waals surface area contributed by atoms with E-state index in [-0.39, 0.29) is 24.4 Å². The first-order valence-electron chi connectivity index (χ1n) is 13.7. The predicted molar refractivity (Wildman–Crippen MR) is 151 cm³/mol. The largest absolute Gasteiger partial charge is 0.494 e. The van der Waals surface area contributed by atoms with Crippen LogP contribution in [0.2, 0.25) is 0 Å². The highest BCUT2D eigenvalue weighted by atomic mass is 16.7. The maximum absolute atomic E-state index is 13.1. The fourth-order valence-corrected chi connectivity index (χ4v) is 5.50. The molecule has 0 aliphatic carbocycles. The highest BCUT2D eigenvalue weighted by Crippen LogP contribution is 2.42. The van der Waals surface area contributed by atoms with Gasteiger partial charge in [-0.05, 0) is 90.0 Å². The van der Waals surface area contributed by atoms with E-state index in [0.717, 1.165) is 52.6 Å². The van der Waals surface area contributed by atoms with Gasteiger partial charge in [0.1, 0.15) is 17.0 Å². The number of nitrogens with zero attached hydrogens (tertiary/aromatic N) is 2. The molecule has 8 heteroatoms. The third-order valence-electron chi connectivity index (χ3n) is 8.40. The highest BCUT2D eigenvalue weighted by Gasteiger charge is 2.52. The van der Waals surface area contributed by atoms with Crippen molar-refractivity contribution in [1.29, 1.82) is 0 Å². The van der Waals surface area contributed by atoms with Gasteiger partial charge in [0.25, 0.3) is 0 Å². The van der Waals surface area contributed by atoms with E-state index in [9.17, 15) is 4.79 Å². The Bertz CT molecular complexity index is 1340. The highest BCUT2D eigenvalue weighted by molar-refractivity contribution is 6.62. The number of rotatable bonds is 4. The Labute approximate surface area is 226 Å². The van der Waals surface area contributed by atoms with E-state index < -0.39 is 11.1 Å². The SMILES string of the molecule is CCC1(c2ncc(-c3ccc4cc(B5OC(C)(C)C(C)(C)O5)ccc4c3)[nH]2)CCCN1C(=O)OC(C)(C)C. The van der Waals surface area contributed by atoms with Crippen molar-refractivity contribution in [3.05, 3.63) is 48.4 Å². The normalized spacial score (nSPS) is 22.8. The number of carbonyl (C=O) groups excluding carboxylic acids is 1. The minimum atomic E-state index is -0.541. The van der Waals surface area contributed by atoms with E-state index in [1.165, 1.54) is 0 Å². The first kappa shape index (κ1) is 26.8. The van der Waals surface area contributed by atoms with Crippen LogP contribution in [0.15, 0.2) is 42.6 Å². The second-order valence-corrected chi connectivity index (χ2v) is 12.7. The maximum Gasteiger partial charge on any atom is 0.494 e. The zero-order valence-electron chi connectivity index (χ0n) is 24.0. The molecular weight excluding hydrogens is 477 g/mol. The molecule has 2 aromatic carbocycles. The van der Waals surface area contributed by atoms with Crippen LogP contribution in [0, 0.1) is 0 Å². The number of aromatic nitrogens is 2. The quantitative estimate of drug-likeness (QED) is 0.419. The molecule has 7 nitrogen and oxygen atoms in total. The fourth-order valence-electron chi connectivity index (χ4n) is 5.50. The number of H-pyrrole nitrogens is 1. The lowest BCUT2D eigenvalue weighted by atomic mass is 9.78. The Morgan fingerprint density at radius 2 is 1.74 bits per heavy atom. The van der Waals surface area contributed by atoms with Gasteiger partial charge in [-0.1, -0.05) is 37.3 Å². The van der Waals surface area contributed by atoms with Gasteiger partial charge < -0.3 is 19.0 Å². The molecule has 3 aromatic rings. The maximum atomic E-state index is 13.1. The van der Waals surface area contributed by atoms with Crippen molar-refractivity contribution in [2.24, 2.45) is 0 Å². The van der Waals surface area contributed by atoms with Crippen LogP contribution in [0.4, 0.5) is 4.79 Å².